The number of aromatic nitrogens is 1. The number of carbonyl (C=O) groups is 2. The number of aliphatic hydroxyl groups excluding tert-OH is 3. The summed E-state index contributed by atoms with van der Waals surface area (Å²) in [5, 5.41) is 36.4. The highest BCUT2D eigenvalue weighted by atomic mass is 32.1. The number of amides is 2. The molecular formula is C12H17N3O6S. The fourth-order valence-corrected chi connectivity index (χ4v) is 2.66. The van der Waals surface area contributed by atoms with Gasteiger partial charge < -0.3 is 30.7 Å². The molecule has 10 heteroatoms. The molecule has 0 radical (unpaired) electrons. The van der Waals surface area contributed by atoms with E-state index in [0.717, 1.165) is 11.3 Å². The van der Waals surface area contributed by atoms with Crippen LogP contribution in [0.4, 0.5) is 0 Å². The van der Waals surface area contributed by atoms with E-state index in [0.29, 0.717) is 0 Å². The van der Waals surface area contributed by atoms with Gasteiger partial charge in [-0.05, 0) is 0 Å². The lowest BCUT2D eigenvalue weighted by molar-refractivity contribution is -0.245. The summed E-state index contributed by atoms with van der Waals surface area (Å²) in [5.74, 6) is -0.923. The maximum atomic E-state index is 11.7. The highest BCUT2D eigenvalue weighted by Crippen LogP contribution is 2.19. The fraction of sp³-hybridized carbons (Fsp3) is 0.583. The first-order chi connectivity index (χ1) is 10.4. The molecule has 5 N–H and O–H groups in total. The van der Waals surface area contributed by atoms with E-state index in [1.165, 1.54) is 13.1 Å². The summed E-state index contributed by atoms with van der Waals surface area (Å²) >= 11 is 1.15. The third-order valence-electron chi connectivity index (χ3n) is 3.18. The van der Waals surface area contributed by atoms with E-state index in [-0.39, 0.29) is 11.6 Å². The zero-order valence-electron chi connectivity index (χ0n) is 11.7. The van der Waals surface area contributed by atoms with Crippen molar-refractivity contribution in [1.82, 2.24) is 15.6 Å². The average Bonchev–Trinajstić information content (AvgIpc) is 2.99. The minimum atomic E-state index is -1.50. The van der Waals surface area contributed by atoms with Gasteiger partial charge in [-0.2, -0.15) is 0 Å². The first kappa shape index (κ1) is 16.8. The van der Waals surface area contributed by atoms with Crippen LogP contribution in [0.2, 0.25) is 0 Å². The molecule has 9 nitrogen and oxygen atoms in total. The average molecular weight is 331 g/mol. The Morgan fingerprint density at radius 1 is 1.36 bits per heavy atom. The fourth-order valence-electron chi connectivity index (χ4n) is 2.11. The number of ether oxygens (including phenoxy) is 1. The SMILES string of the molecule is CC(=O)N[C@@H]1C(O)[C@@H](O)[C@@H](CNC(=O)c2nccs2)O[C@H]1O. The van der Waals surface area contributed by atoms with Crippen molar-refractivity contribution < 1.29 is 29.6 Å². The summed E-state index contributed by atoms with van der Waals surface area (Å²) in [4.78, 5) is 26.6. The molecule has 122 valence electrons. The van der Waals surface area contributed by atoms with E-state index in [1.807, 2.05) is 0 Å². The summed E-state index contributed by atoms with van der Waals surface area (Å²) in [6.07, 6.45) is -3.83. The summed E-state index contributed by atoms with van der Waals surface area (Å²) < 4.78 is 5.15. The van der Waals surface area contributed by atoms with Gasteiger partial charge >= 0.3 is 0 Å². The number of aliphatic hydroxyl groups is 3. The van der Waals surface area contributed by atoms with Gasteiger partial charge in [0.05, 0.1) is 0 Å². The lowest BCUT2D eigenvalue weighted by Gasteiger charge is -2.40. The molecule has 1 saturated heterocycles. The maximum absolute atomic E-state index is 11.7. The Morgan fingerprint density at radius 2 is 2.09 bits per heavy atom. The van der Waals surface area contributed by atoms with Crippen LogP contribution in [-0.2, 0) is 9.53 Å². The molecule has 1 unspecified atom stereocenters. The third-order valence-corrected chi connectivity index (χ3v) is 3.95. The number of carbonyl (C=O) groups excluding carboxylic acids is 2. The number of thiazole rings is 1. The van der Waals surface area contributed by atoms with Crippen molar-refractivity contribution >= 4 is 23.2 Å². The van der Waals surface area contributed by atoms with Crippen molar-refractivity contribution in [2.75, 3.05) is 6.54 Å². The molecule has 1 aromatic heterocycles. The van der Waals surface area contributed by atoms with Crippen LogP contribution in [0.15, 0.2) is 11.6 Å². The monoisotopic (exact) mass is 331 g/mol. The van der Waals surface area contributed by atoms with Gasteiger partial charge in [-0.15, -0.1) is 11.3 Å². The summed E-state index contributed by atoms with van der Waals surface area (Å²) in [7, 11) is 0. The molecular weight excluding hydrogens is 314 g/mol. The van der Waals surface area contributed by atoms with Crippen LogP contribution >= 0.6 is 11.3 Å². The van der Waals surface area contributed by atoms with Gasteiger partial charge in [0, 0.05) is 25.0 Å². The van der Waals surface area contributed by atoms with E-state index in [2.05, 4.69) is 15.6 Å². The Kier molecular flexibility index (Phi) is 5.42. The molecule has 0 aliphatic carbocycles. The molecule has 0 saturated carbocycles. The van der Waals surface area contributed by atoms with Crippen LogP contribution in [0.5, 0.6) is 0 Å². The largest absolute Gasteiger partial charge is 0.388 e. The number of hydrogen-bond acceptors (Lipinski definition) is 8. The molecule has 1 fully saturated rings. The summed E-state index contributed by atoms with van der Waals surface area (Å²) in [6, 6.07) is -1.14. The van der Waals surface area contributed by atoms with Crippen molar-refractivity contribution in [2.24, 2.45) is 0 Å². The van der Waals surface area contributed by atoms with Crippen molar-refractivity contribution in [3.8, 4) is 0 Å². The first-order valence-corrected chi connectivity index (χ1v) is 7.42. The third kappa shape index (κ3) is 3.78. The van der Waals surface area contributed by atoms with E-state index in [1.54, 1.807) is 5.38 Å². The van der Waals surface area contributed by atoms with Crippen LogP contribution in [0.1, 0.15) is 16.7 Å². The minimum Gasteiger partial charge on any atom is -0.388 e. The molecule has 22 heavy (non-hydrogen) atoms. The van der Waals surface area contributed by atoms with E-state index in [4.69, 9.17) is 4.74 Å². The molecule has 5 atom stereocenters. The normalized spacial score (nSPS) is 31.5. The highest BCUT2D eigenvalue weighted by Gasteiger charge is 2.44. The smallest absolute Gasteiger partial charge is 0.280 e. The standard InChI is InChI=1S/C12H17N3O6S/c1-5(16)15-7-9(18)8(17)6(21-12(7)20)4-14-10(19)11-13-2-3-22-11/h2-3,6-9,12,17-18,20H,4H2,1H3,(H,14,19)(H,15,16)/t6-,7-,8+,9?,12-/m1/s1. The van der Waals surface area contributed by atoms with Gasteiger partial charge in [-0.1, -0.05) is 0 Å². The molecule has 0 bridgehead atoms. The van der Waals surface area contributed by atoms with Gasteiger partial charge in [0.1, 0.15) is 24.4 Å². The van der Waals surface area contributed by atoms with Gasteiger partial charge in [0.15, 0.2) is 11.3 Å². The lowest BCUT2D eigenvalue weighted by Crippen LogP contribution is -2.64. The number of nitrogens with zero attached hydrogens (tertiary/aromatic N) is 1. The zero-order chi connectivity index (χ0) is 16.3. The predicted octanol–water partition coefficient (Wildman–Crippen LogP) is -2.18. The Labute approximate surface area is 129 Å². The second kappa shape index (κ2) is 7.11. The topological polar surface area (TPSA) is 141 Å². The van der Waals surface area contributed by atoms with Crippen LogP contribution in [-0.4, -0.2) is 69.3 Å². The van der Waals surface area contributed by atoms with Crippen molar-refractivity contribution in [3.05, 3.63) is 16.6 Å². The van der Waals surface area contributed by atoms with Crippen LogP contribution in [0, 0.1) is 0 Å². The Balaban J connectivity index is 1.93. The molecule has 2 rings (SSSR count). The van der Waals surface area contributed by atoms with Crippen molar-refractivity contribution in [2.45, 2.75) is 37.6 Å². The Hall–Kier alpha value is -1.59. The quantitative estimate of drug-likeness (QED) is 0.422. The molecule has 1 aliphatic heterocycles. The van der Waals surface area contributed by atoms with E-state index in [9.17, 15) is 24.9 Å². The van der Waals surface area contributed by atoms with E-state index < -0.39 is 42.5 Å². The molecule has 1 aliphatic rings. The Bertz CT molecular complexity index is 525. The number of nitrogens with one attached hydrogen (secondary N) is 2. The van der Waals surface area contributed by atoms with Crippen molar-refractivity contribution in [3.63, 3.8) is 0 Å². The molecule has 0 aromatic carbocycles. The van der Waals surface area contributed by atoms with Crippen LogP contribution in [0.25, 0.3) is 0 Å². The second-order valence-electron chi connectivity index (χ2n) is 4.82. The molecule has 1 aromatic rings. The predicted molar refractivity (Wildman–Crippen MR) is 74.9 cm³/mol. The van der Waals surface area contributed by atoms with Gasteiger partial charge in [-0.3, -0.25) is 9.59 Å². The highest BCUT2D eigenvalue weighted by molar-refractivity contribution is 7.11. The molecule has 0 spiro atoms. The second-order valence-corrected chi connectivity index (χ2v) is 5.71. The van der Waals surface area contributed by atoms with Crippen LogP contribution in [0.3, 0.4) is 0 Å². The maximum Gasteiger partial charge on any atom is 0.280 e. The van der Waals surface area contributed by atoms with Gasteiger partial charge in [-0.25, -0.2) is 4.98 Å². The van der Waals surface area contributed by atoms with E-state index >= 15 is 0 Å². The van der Waals surface area contributed by atoms with Crippen molar-refractivity contribution in [1.29, 1.82) is 0 Å². The van der Waals surface area contributed by atoms with Gasteiger partial charge in [0.2, 0.25) is 5.91 Å². The lowest BCUT2D eigenvalue weighted by atomic mass is 9.96. The van der Waals surface area contributed by atoms with Gasteiger partial charge in [0.25, 0.3) is 5.91 Å². The summed E-state index contributed by atoms with van der Waals surface area (Å²) in [6.45, 7) is 1.09. The summed E-state index contributed by atoms with van der Waals surface area (Å²) in [5.41, 5.74) is 0. The number of rotatable bonds is 4. The molecule has 2 amide bonds. The molecule has 2 heterocycles. The Morgan fingerprint density at radius 3 is 2.68 bits per heavy atom. The first-order valence-electron chi connectivity index (χ1n) is 6.54. The number of hydrogen-bond donors (Lipinski definition) is 5. The van der Waals surface area contributed by atoms with Crippen LogP contribution < -0.4 is 10.6 Å². The zero-order valence-corrected chi connectivity index (χ0v) is 12.5. The minimum absolute atomic E-state index is 0.125.